The molecule has 11 heteroatoms. The lowest BCUT2D eigenvalue weighted by Gasteiger charge is -2.21. The molecule has 0 unspecified atom stereocenters. The molecule has 0 N–H and O–H groups in total. The number of aryl methyl sites for hydroxylation is 1. The molecule has 31 heavy (non-hydrogen) atoms. The van der Waals surface area contributed by atoms with Gasteiger partial charge in [0.15, 0.2) is 11.0 Å². The predicted molar refractivity (Wildman–Crippen MR) is 118 cm³/mol. The van der Waals surface area contributed by atoms with Crippen LogP contribution in [-0.4, -0.2) is 32.6 Å². The van der Waals surface area contributed by atoms with Crippen molar-refractivity contribution in [1.82, 2.24) is 24.1 Å². The van der Waals surface area contributed by atoms with Crippen molar-refractivity contribution in [2.75, 3.05) is 4.31 Å². The van der Waals surface area contributed by atoms with Gasteiger partial charge in [-0.1, -0.05) is 30.3 Å². The second-order valence-corrected chi connectivity index (χ2v) is 9.51. The number of sulfonamides is 1. The van der Waals surface area contributed by atoms with Gasteiger partial charge in [0.1, 0.15) is 0 Å². The normalized spacial score (nSPS) is 11.9. The van der Waals surface area contributed by atoms with Gasteiger partial charge < -0.3 is 0 Å². The van der Waals surface area contributed by atoms with Crippen molar-refractivity contribution in [2.24, 2.45) is 7.05 Å². The Labute approximate surface area is 180 Å². The van der Waals surface area contributed by atoms with Crippen LogP contribution in [0.1, 0.15) is 5.82 Å². The molecule has 0 spiro atoms. The second-order valence-electron chi connectivity index (χ2n) is 6.77. The Bertz CT molecular complexity index is 1560. The molecule has 0 aliphatic carbocycles. The molecule has 5 aromatic rings. The van der Waals surface area contributed by atoms with Gasteiger partial charge in [-0.15, -0.1) is 21.5 Å². The van der Waals surface area contributed by atoms with E-state index in [1.54, 1.807) is 59.4 Å². The van der Waals surface area contributed by atoms with Gasteiger partial charge in [-0.2, -0.15) is 0 Å². The van der Waals surface area contributed by atoms with Gasteiger partial charge in [0.05, 0.1) is 22.3 Å². The number of hydrogen-bond acceptors (Lipinski definition) is 7. The number of anilines is 1. The highest BCUT2D eigenvalue weighted by molar-refractivity contribution is 7.93. The zero-order chi connectivity index (χ0) is 21.6. The number of para-hydroxylation sites is 1. The lowest BCUT2D eigenvalue weighted by molar-refractivity contribution is 0.589. The summed E-state index contributed by atoms with van der Waals surface area (Å²) < 4.78 is 31.2. The minimum absolute atomic E-state index is 0.103. The van der Waals surface area contributed by atoms with E-state index in [2.05, 4.69) is 15.2 Å². The Morgan fingerprint density at radius 2 is 1.77 bits per heavy atom. The lowest BCUT2D eigenvalue weighted by atomic mass is 10.2. The number of nitrogens with zero attached hydrogens (tertiary/aromatic N) is 6. The summed E-state index contributed by atoms with van der Waals surface area (Å²) in [7, 11) is -2.30. The van der Waals surface area contributed by atoms with E-state index < -0.39 is 10.0 Å². The van der Waals surface area contributed by atoms with E-state index in [1.807, 2.05) is 6.07 Å². The number of hydrogen-bond donors (Lipinski definition) is 0. The third kappa shape index (κ3) is 3.09. The Morgan fingerprint density at radius 1 is 1.03 bits per heavy atom. The molecule has 0 saturated heterocycles. The number of aromatic nitrogens is 5. The minimum Gasteiger partial charge on any atom is -0.279 e. The summed E-state index contributed by atoms with van der Waals surface area (Å²) in [6, 6.07) is 15.3. The molecule has 3 aromatic heterocycles. The standard InChI is InChI=1S/C20H16N6O3S2/c1-24-18(27)15-9-5-6-10-16(15)26-17(22-23-19(24)26)13-25(20-21-11-12-30-20)31(28,29)14-7-3-2-4-8-14/h2-12H,13H2,1H3. The molecule has 5 rings (SSSR count). The Morgan fingerprint density at radius 3 is 2.52 bits per heavy atom. The molecule has 9 nitrogen and oxygen atoms in total. The first-order valence-electron chi connectivity index (χ1n) is 9.27. The van der Waals surface area contributed by atoms with Crippen LogP contribution >= 0.6 is 11.3 Å². The summed E-state index contributed by atoms with van der Waals surface area (Å²) in [6.07, 6.45) is 1.55. The molecule has 0 fully saturated rings. The smallest absolute Gasteiger partial charge is 0.266 e. The van der Waals surface area contributed by atoms with Crippen LogP contribution < -0.4 is 9.86 Å². The molecule has 3 heterocycles. The zero-order valence-corrected chi connectivity index (χ0v) is 17.9. The minimum atomic E-state index is -3.91. The van der Waals surface area contributed by atoms with E-state index >= 15 is 0 Å². The quantitative estimate of drug-likeness (QED) is 0.406. The van der Waals surface area contributed by atoms with E-state index in [0.29, 0.717) is 27.6 Å². The van der Waals surface area contributed by atoms with Crippen LogP contribution in [0.25, 0.3) is 16.7 Å². The fourth-order valence-electron chi connectivity index (χ4n) is 3.44. The highest BCUT2D eigenvalue weighted by Gasteiger charge is 2.29. The summed E-state index contributed by atoms with van der Waals surface area (Å²) in [5, 5.41) is 10.9. The molecule has 0 aliphatic heterocycles. The van der Waals surface area contributed by atoms with E-state index in [0.717, 1.165) is 0 Å². The number of benzene rings is 2. The summed E-state index contributed by atoms with van der Waals surface area (Å²) in [5.41, 5.74) is 0.410. The number of rotatable bonds is 5. The van der Waals surface area contributed by atoms with Gasteiger partial charge >= 0.3 is 0 Å². The summed E-state index contributed by atoms with van der Waals surface area (Å²) >= 11 is 1.21. The fourth-order valence-corrected chi connectivity index (χ4v) is 5.70. The monoisotopic (exact) mass is 452 g/mol. The van der Waals surface area contributed by atoms with E-state index in [4.69, 9.17) is 0 Å². The summed E-state index contributed by atoms with van der Waals surface area (Å²) in [6.45, 7) is -0.103. The van der Waals surface area contributed by atoms with Crippen LogP contribution in [0.5, 0.6) is 0 Å². The molecule has 0 amide bonds. The Hall–Kier alpha value is -3.57. The second kappa shape index (κ2) is 7.29. The Kier molecular flexibility index (Phi) is 4.56. The molecule has 0 saturated carbocycles. The third-order valence-corrected chi connectivity index (χ3v) is 7.60. The van der Waals surface area contributed by atoms with Crippen LogP contribution in [0.3, 0.4) is 0 Å². The van der Waals surface area contributed by atoms with Crippen LogP contribution in [0, 0.1) is 0 Å². The van der Waals surface area contributed by atoms with Crippen molar-refractivity contribution in [3.63, 3.8) is 0 Å². The maximum absolute atomic E-state index is 13.5. The van der Waals surface area contributed by atoms with Crippen molar-refractivity contribution < 1.29 is 8.42 Å². The van der Waals surface area contributed by atoms with Gasteiger partial charge in [-0.25, -0.2) is 17.7 Å². The summed E-state index contributed by atoms with van der Waals surface area (Å²) in [5.74, 6) is 0.700. The lowest BCUT2D eigenvalue weighted by Crippen LogP contribution is -2.31. The molecule has 2 aromatic carbocycles. The Balaban J connectivity index is 1.72. The van der Waals surface area contributed by atoms with Crippen LogP contribution in [0.15, 0.2) is 75.9 Å². The zero-order valence-electron chi connectivity index (χ0n) is 16.3. The van der Waals surface area contributed by atoms with Crippen LogP contribution in [0.2, 0.25) is 0 Å². The average Bonchev–Trinajstić information content (AvgIpc) is 3.46. The first kappa shape index (κ1) is 19.4. The number of thiazole rings is 1. The van der Waals surface area contributed by atoms with Crippen LogP contribution in [0.4, 0.5) is 5.13 Å². The molecule has 0 radical (unpaired) electrons. The van der Waals surface area contributed by atoms with Gasteiger partial charge in [0, 0.05) is 18.6 Å². The molecular weight excluding hydrogens is 436 g/mol. The maximum atomic E-state index is 13.5. The third-order valence-electron chi connectivity index (χ3n) is 4.94. The first-order chi connectivity index (χ1) is 15.0. The molecule has 0 atom stereocenters. The highest BCUT2D eigenvalue weighted by Crippen LogP contribution is 2.27. The molecule has 0 bridgehead atoms. The first-order valence-corrected chi connectivity index (χ1v) is 11.6. The molecule has 156 valence electrons. The van der Waals surface area contributed by atoms with E-state index in [9.17, 15) is 13.2 Å². The largest absolute Gasteiger partial charge is 0.279 e. The van der Waals surface area contributed by atoms with Crippen molar-refractivity contribution in [2.45, 2.75) is 11.4 Å². The van der Waals surface area contributed by atoms with Gasteiger partial charge in [0.25, 0.3) is 15.6 Å². The molecule has 0 aliphatic rings. The SMILES string of the molecule is Cn1c(=O)c2ccccc2n2c(CN(c3nccs3)S(=O)(=O)c3ccccc3)nnc12. The maximum Gasteiger partial charge on any atom is 0.266 e. The van der Waals surface area contributed by atoms with E-state index in [1.165, 1.54) is 32.3 Å². The van der Waals surface area contributed by atoms with Crippen molar-refractivity contribution in [1.29, 1.82) is 0 Å². The molecular formula is C20H16N6O3S2. The predicted octanol–water partition coefficient (Wildman–Crippen LogP) is 2.43. The van der Waals surface area contributed by atoms with Gasteiger partial charge in [-0.05, 0) is 24.3 Å². The number of fused-ring (bicyclic) bond motifs is 3. The van der Waals surface area contributed by atoms with Crippen LogP contribution in [-0.2, 0) is 23.6 Å². The van der Waals surface area contributed by atoms with Crippen molar-refractivity contribution in [3.8, 4) is 0 Å². The average molecular weight is 453 g/mol. The van der Waals surface area contributed by atoms with Gasteiger partial charge in [0.2, 0.25) is 5.78 Å². The van der Waals surface area contributed by atoms with E-state index in [-0.39, 0.29) is 17.0 Å². The fraction of sp³-hybridized carbons (Fsp3) is 0.100. The van der Waals surface area contributed by atoms with Crippen molar-refractivity contribution >= 4 is 43.2 Å². The van der Waals surface area contributed by atoms with Crippen molar-refractivity contribution in [3.05, 3.63) is 82.4 Å². The summed E-state index contributed by atoms with van der Waals surface area (Å²) in [4.78, 5) is 17.0. The topological polar surface area (TPSA) is 102 Å². The highest BCUT2D eigenvalue weighted by atomic mass is 32.2. The van der Waals surface area contributed by atoms with Gasteiger partial charge in [-0.3, -0.25) is 13.8 Å².